The summed E-state index contributed by atoms with van der Waals surface area (Å²) in [6.07, 6.45) is 20.9. The summed E-state index contributed by atoms with van der Waals surface area (Å²) in [6.45, 7) is 74.8. The molecule has 16 aromatic rings. The van der Waals surface area contributed by atoms with Crippen molar-refractivity contribution in [2.24, 2.45) is 5.92 Å². The predicted octanol–water partition coefficient (Wildman–Crippen LogP) is 45.0. The molecule has 0 saturated heterocycles. The Labute approximate surface area is 892 Å². The van der Waals surface area contributed by atoms with Crippen LogP contribution in [0.25, 0.3) is 76.3 Å². The van der Waals surface area contributed by atoms with E-state index in [9.17, 15) is 4.79 Å². The first kappa shape index (κ1) is 136. The van der Waals surface area contributed by atoms with Gasteiger partial charge in [0.15, 0.2) is 0 Å². The summed E-state index contributed by atoms with van der Waals surface area (Å²) in [5, 5.41) is 11.8. The highest BCUT2D eigenvalue weighted by Crippen LogP contribution is 2.39. The van der Waals surface area contributed by atoms with Gasteiger partial charge in [0.25, 0.3) is 0 Å². The van der Waals surface area contributed by atoms with Crippen LogP contribution in [0, 0.1) is 26.7 Å². The molecule has 0 radical (unpaired) electrons. The Hall–Kier alpha value is -11.5. The third kappa shape index (κ3) is 44.4. The Morgan fingerprint density at radius 1 is 0.234 bits per heavy atom. The van der Waals surface area contributed by atoms with Crippen molar-refractivity contribution in [2.75, 3.05) is 0 Å². The molecule has 17 rings (SSSR count). The molecule has 0 bridgehead atoms. The topological polar surface area (TPSA) is 30.2 Å². The van der Waals surface area contributed by atoms with Gasteiger partial charge in [0.1, 0.15) is 5.58 Å². The van der Waals surface area contributed by atoms with Crippen molar-refractivity contribution in [3.8, 4) is 22.3 Å². The van der Waals surface area contributed by atoms with E-state index in [1.165, 1.54) is 192 Å². The van der Waals surface area contributed by atoms with Crippen molar-refractivity contribution in [3.63, 3.8) is 0 Å². The fourth-order valence-electron chi connectivity index (χ4n) is 16.9. The lowest BCUT2D eigenvalue weighted by Crippen LogP contribution is -2.12. The minimum Gasteiger partial charge on any atom is -0.422 e. The monoisotopic (exact) mass is 1960 g/mol. The van der Waals surface area contributed by atoms with E-state index >= 15 is 0 Å². The first-order chi connectivity index (χ1) is 70.0. The third-order valence-electron chi connectivity index (χ3n) is 25.5. The van der Waals surface area contributed by atoms with E-state index in [4.69, 9.17) is 4.42 Å². The maximum absolute atomic E-state index is 12.2. The van der Waals surface area contributed by atoms with Crippen molar-refractivity contribution in [3.05, 3.63) is 425 Å². The van der Waals surface area contributed by atoms with Crippen molar-refractivity contribution < 1.29 is 5.84 Å². The highest BCUT2D eigenvalue weighted by molar-refractivity contribution is 6.08. The fourth-order valence-corrected chi connectivity index (χ4v) is 16.9. The van der Waals surface area contributed by atoms with Crippen LogP contribution in [0.2, 0.25) is 0 Å². The van der Waals surface area contributed by atoms with Gasteiger partial charge in [0, 0.05) is 6.81 Å². The van der Waals surface area contributed by atoms with Gasteiger partial charge in [-0.1, -0.05) is 534 Å². The average molecular weight is 1960 g/mol. The maximum Gasteiger partial charge on any atom is 0.344 e. The molecule has 790 valence electrons. The number of rotatable bonds is 20. The van der Waals surface area contributed by atoms with E-state index in [2.05, 4.69) is 351 Å². The standard InChI is InChI=1S/C24H32.C24H26.C18H16O2.2C18H18.C17H20.11C2H6.2CH4.H2/c1-5-19-7-9-21(10-8-19)22-11-13-23(14-12-22)24-16-15-20(6-2)17(3)18(24)4;1-3-19-5-9-21(10-6-19)17-23-13-15-24(16-14-23)18-22-11-7-20(4-2)8-12-22;1-3-13-6-9-15-11-16(18(19)20-17(15)10-13)14-7-4-12(2)5-8-14;1-3-13-5-9-17-15(11-13)7-8-16-12-14(4-2)6-10-18(16)17;1-3-13-5-7-15-12-18-10-14(4-2)6-8-16(18)11-17(15)9-13;1-3-14-5-9-16(10-6-14)13-17-11-7-15(4-2)8-12-17;11*1-2;;;/h11-16,19,21H,5-10H2,1-4H3;5-16H,3-4,17-18H2,1-2H3;4-11H,3H2,1-2H3;2*5-12H,3-4H2,1-2H3;5-12H,3-4,13H2,1-2H3;11*1-2H3;2*1H4;1H. The SMILES string of the molecule is C.C.CC.CC.CC.CC.CC.CC.CC.CC.CC.CC.CC.CCc1ccc(-c2ccc(C3CCC(CC)CC3)cc2)c(C)c1C.CCc1ccc(Cc2ccc(CC)cc2)cc1.CCc1ccc(Cc2ccc(Cc3ccc(CC)cc3)cc2)cc1.CCc1ccc2c(ccc3cc(CC)ccc32)c1.CCc1ccc2cc(-c3ccc(C)cc3)c(=O)oc2c1.CCc1ccc2cc3cc(CC)ccc3cc2c1.[HH]. The number of benzene rings is 15. The minimum absolute atomic E-state index is 0. The number of hydrogen-bond acceptors (Lipinski definition) is 2. The van der Waals surface area contributed by atoms with Gasteiger partial charge in [0.2, 0.25) is 0 Å². The molecule has 0 spiro atoms. The molecule has 15 aromatic carbocycles. The van der Waals surface area contributed by atoms with E-state index in [1.54, 1.807) is 5.56 Å². The van der Waals surface area contributed by atoms with Crippen LogP contribution < -0.4 is 5.63 Å². The molecule has 0 atom stereocenters. The van der Waals surface area contributed by atoms with Gasteiger partial charge in [-0.25, -0.2) is 4.79 Å². The largest absolute Gasteiger partial charge is 0.422 e. The molecule has 145 heavy (non-hydrogen) atoms. The molecule has 0 aliphatic heterocycles. The van der Waals surface area contributed by atoms with Gasteiger partial charge in [-0.2, -0.15) is 0 Å². The number of fused-ring (bicyclic) bond motifs is 6. The van der Waals surface area contributed by atoms with Gasteiger partial charge < -0.3 is 4.42 Å². The Balaban J connectivity index is -0.00000161. The van der Waals surface area contributed by atoms with Gasteiger partial charge in [-0.05, 0) is 332 Å². The molecule has 1 aliphatic carbocycles. The summed E-state index contributed by atoms with van der Waals surface area (Å²) < 4.78 is 5.46. The highest BCUT2D eigenvalue weighted by Gasteiger charge is 2.22. The molecule has 1 heterocycles. The summed E-state index contributed by atoms with van der Waals surface area (Å²) in [6, 6.07) is 111. The zero-order valence-corrected chi connectivity index (χ0v) is 97.1. The second-order valence-electron chi connectivity index (χ2n) is 33.5. The van der Waals surface area contributed by atoms with Gasteiger partial charge in [-0.3, -0.25) is 0 Å². The first-order valence-electron chi connectivity index (χ1n) is 56.6. The molecule has 2 nitrogen and oxygen atoms in total. The van der Waals surface area contributed by atoms with Crippen molar-refractivity contribution in [1.82, 2.24) is 0 Å². The molecule has 0 N–H and O–H groups in total. The van der Waals surface area contributed by atoms with Crippen molar-refractivity contribution in [2.45, 2.75) is 386 Å². The second kappa shape index (κ2) is 80.7. The molecular weight excluding hydrogens is 1750 g/mol. The van der Waals surface area contributed by atoms with Crippen LogP contribution in [0.4, 0.5) is 0 Å². The molecule has 1 aliphatic rings. The lowest BCUT2D eigenvalue weighted by atomic mass is 9.77. The van der Waals surface area contributed by atoms with E-state index < -0.39 is 0 Å². The number of hydrogen-bond donors (Lipinski definition) is 0. The number of aryl methyl sites for hydroxylation is 11. The summed E-state index contributed by atoms with van der Waals surface area (Å²) in [5.41, 5.74) is 32.5. The third-order valence-corrected chi connectivity index (χ3v) is 25.5. The van der Waals surface area contributed by atoms with Crippen LogP contribution in [-0.2, 0) is 83.5 Å². The second-order valence-corrected chi connectivity index (χ2v) is 33.5. The highest BCUT2D eigenvalue weighted by atomic mass is 16.4. The Kier molecular flexibility index (Phi) is 75.5. The van der Waals surface area contributed by atoms with Gasteiger partial charge in [0.05, 0.1) is 5.56 Å². The summed E-state index contributed by atoms with van der Waals surface area (Å²) in [7, 11) is 0. The molecule has 1 aromatic heterocycles. The Morgan fingerprint density at radius 2 is 0.503 bits per heavy atom. The molecule has 1 saturated carbocycles. The van der Waals surface area contributed by atoms with Gasteiger partial charge >= 0.3 is 5.63 Å². The van der Waals surface area contributed by atoms with Crippen LogP contribution in [0.15, 0.2) is 313 Å². The van der Waals surface area contributed by atoms with Crippen LogP contribution in [-0.4, -0.2) is 0 Å². The van der Waals surface area contributed by atoms with E-state index in [0.717, 1.165) is 106 Å². The summed E-state index contributed by atoms with van der Waals surface area (Å²) in [4.78, 5) is 12.2. The van der Waals surface area contributed by atoms with E-state index in [-0.39, 0.29) is 21.9 Å². The first-order valence-corrected chi connectivity index (χ1v) is 56.6. The smallest absolute Gasteiger partial charge is 0.344 e. The minimum atomic E-state index is -0.283. The summed E-state index contributed by atoms with van der Waals surface area (Å²) in [5.74, 6) is 1.76. The molecular formula is C143H206O2. The van der Waals surface area contributed by atoms with Crippen LogP contribution in [0.3, 0.4) is 0 Å². The Morgan fingerprint density at radius 3 is 0.814 bits per heavy atom. The molecule has 2 heteroatoms. The quantitative estimate of drug-likeness (QED) is 0.0432. The van der Waals surface area contributed by atoms with Crippen LogP contribution in [0.1, 0.15) is 394 Å². The average Bonchev–Trinajstić information content (AvgIpc) is 0.779. The van der Waals surface area contributed by atoms with E-state index in [1.807, 2.05) is 202 Å². The normalized spacial score (nSPS) is 11.2. The van der Waals surface area contributed by atoms with Crippen molar-refractivity contribution >= 4 is 54.1 Å². The summed E-state index contributed by atoms with van der Waals surface area (Å²) >= 11 is 0. The zero-order valence-electron chi connectivity index (χ0n) is 97.1. The molecule has 1 fully saturated rings. The molecule has 0 amide bonds. The predicted molar refractivity (Wildman–Crippen MR) is 667 cm³/mol. The zero-order chi connectivity index (χ0) is 107. The lowest BCUT2D eigenvalue weighted by molar-refractivity contribution is 0.319. The van der Waals surface area contributed by atoms with Crippen LogP contribution >= 0.6 is 0 Å². The van der Waals surface area contributed by atoms with Gasteiger partial charge in [-0.15, -0.1) is 0 Å². The Bertz CT molecular complexity index is 5780. The maximum atomic E-state index is 12.2. The van der Waals surface area contributed by atoms with E-state index in [0.29, 0.717) is 11.1 Å². The van der Waals surface area contributed by atoms with Crippen molar-refractivity contribution in [1.29, 1.82) is 0 Å². The fraction of sp³-hybridized carbons (Fsp3) is 0.406. The molecule has 0 unspecified atom stereocenters. The lowest BCUT2D eigenvalue weighted by Gasteiger charge is -2.28. The van der Waals surface area contributed by atoms with Crippen LogP contribution in [0.5, 0.6) is 0 Å².